The topological polar surface area (TPSA) is 83.5 Å². The third-order valence-corrected chi connectivity index (χ3v) is 3.53. The molecule has 0 aliphatic heterocycles. The number of carbonyl (C=O) groups is 1. The molecule has 0 aliphatic rings. The molecule has 0 unspecified atom stereocenters. The number of hydrogen-bond donors (Lipinski definition) is 1. The van der Waals surface area contributed by atoms with E-state index in [1.807, 2.05) is 0 Å². The van der Waals surface area contributed by atoms with Crippen LogP contribution in [0.2, 0.25) is 0 Å². The van der Waals surface area contributed by atoms with E-state index in [0.29, 0.717) is 17.1 Å². The number of ketones is 1. The van der Waals surface area contributed by atoms with Crippen LogP contribution in [-0.4, -0.2) is 45.8 Å². The Kier molecular flexibility index (Phi) is 7.66. The first kappa shape index (κ1) is 20.3. The van der Waals surface area contributed by atoms with Crippen LogP contribution < -0.4 is 14.2 Å². The number of hydrogen-bond acceptors (Lipinski definition) is 7. The van der Waals surface area contributed by atoms with Crippen LogP contribution in [0.15, 0.2) is 42.5 Å². The van der Waals surface area contributed by atoms with Gasteiger partial charge in [0, 0.05) is 14.2 Å². The lowest BCUT2D eigenvalue weighted by Gasteiger charge is -2.11. The average Bonchev–Trinajstić information content (AvgIpc) is 2.68. The van der Waals surface area contributed by atoms with E-state index in [1.165, 1.54) is 33.5 Å². The Morgan fingerprint density at radius 1 is 0.963 bits per heavy atom. The summed E-state index contributed by atoms with van der Waals surface area (Å²) in [5.41, 5.74) is 0.778. The van der Waals surface area contributed by atoms with E-state index in [9.17, 15) is 9.90 Å². The van der Waals surface area contributed by atoms with Gasteiger partial charge in [-0.1, -0.05) is 18.2 Å². The fourth-order valence-corrected chi connectivity index (χ4v) is 2.30. The van der Waals surface area contributed by atoms with Crippen molar-refractivity contribution in [3.8, 4) is 23.0 Å². The highest BCUT2D eigenvalue weighted by atomic mass is 16.7. The fourth-order valence-electron chi connectivity index (χ4n) is 2.30. The smallest absolute Gasteiger partial charge is 0.193 e. The van der Waals surface area contributed by atoms with Crippen LogP contribution >= 0.6 is 0 Å². The van der Waals surface area contributed by atoms with Crippen LogP contribution in [0.4, 0.5) is 0 Å². The van der Waals surface area contributed by atoms with Crippen LogP contribution in [0.3, 0.4) is 0 Å². The third-order valence-electron chi connectivity index (χ3n) is 3.53. The molecule has 27 heavy (non-hydrogen) atoms. The van der Waals surface area contributed by atoms with E-state index in [-0.39, 0.29) is 30.6 Å². The highest BCUT2D eigenvalue weighted by Crippen LogP contribution is 2.30. The first-order chi connectivity index (χ1) is 13.1. The molecule has 2 rings (SSSR count). The molecular formula is C20H22O7. The number of phenolic OH excluding ortho intramolecular Hbond substituents is 1. The van der Waals surface area contributed by atoms with Crippen molar-refractivity contribution < 1.29 is 33.6 Å². The monoisotopic (exact) mass is 374 g/mol. The summed E-state index contributed by atoms with van der Waals surface area (Å²) in [6.45, 7) is 0.0344. The summed E-state index contributed by atoms with van der Waals surface area (Å²) in [5, 5.41) is 10.0. The number of phenols is 1. The lowest BCUT2D eigenvalue weighted by Crippen LogP contribution is -2.05. The molecule has 0 fully saturated rings. The van der Waals surface area contributed by atoms with Crippen molar-refractivity contribution in [2.75, 3.05) is 34.9 Å². The van der Waals surface area contributed by atoms with Crippen LogP contribution in [-0.2, 0) is 9.47 Å². The minimum Gasteiger partial charge on any atom is -0.507 e. The first-order valence-electron chi connectivity index (χ1n) is 8.06. The maximum atomic E-state index is 12.6. The molecule has 7 heteroatoms. The Bertz CT molecular complexity index is 799. The Balaban J connectivity index is 2.24. The van der Waals surface area contributed by atoms with Gasteiger partial charge in [-0.2, -0.15) is 0 Å². The number of benzene rings is 2. The van der Waals surface area contributed by atoms with Gasteiger partial charge < -0.3 is 28.8 Å². The number of allylic oxidation sites excluding steroid dienone is 1. The van der Waals surface area contributed by atoms with Gasteiger partial charge in [-0.05, 0) is 35.9 Å². The molecule has 7 nitrogen and oxygen atoms in total. The molecule has 0 saturated heterocycles. The quantitative estimate of drug-likeness (QED) is 0.388. The second kappa shape index (κ2) is 10.2. The molecule has 0 aliphatic carbocycles. The lowest BCUT2D eigenvalue weighted by molar-refractivity contribution is 0.0491. The molecule has 144 valence electrons. The molecule has 0 amide bonds. The molecule has 1 N–H and O–H groups in total. The molecule has 0 aromatic heterocycles. The molecule has 0 heterocycles. The predicted octanol–water partition coefficient (Wildman–Crippen LogP) is 3.26. The zero-order valence-corrected chi connectivity index (χ0v) is 15.4. The van der Waals surface area contributed by atoms with E-state index >= 15 is 0 Å². The highest BCUT2D eigenvalue weighted by molar-refractivity contribution is 6.10. The Morgan fingerprint density at radius 3 is 2.33 bits per heavy atom. The van der Waals surface area contributed by atoms with E-state index < -0.39 is 5.78 Å². The molecule has 0 radical (unpaired) electrons. The lowest BCUT2D eigenvalue weighted by atomic mass is 10.1. The second-order valence-corrected chi connectivity index (χ2v) is 5.36. The highest BCUT2D eigenvalue weighted by Gasteiger charge is 2.15. The van der Waals surface area contributed by atoms with E-state index in [0.717, 1.165) is 0 Å². The van der Waals surface area contributed by atoms with Gasteiger partial charge in [0.25, 0.3) is 0 Å². The number of rotatable bonds is 10. The van der Waals surface area contributed by atoms with Crippen LogP contribution in [0, 0.1) is 0 Å². The molecule has 2 aromatic rings. The molecule has 0 spiro atoms. The Labute approximate surface area is 157 Å². The van der Waals surface area contributed by atoms with E-state index in [2.05, 4.69) is 0 Å². The minimum absolute atomic E-state index is 0.0356. The largest absolute Gasteiger partial charge is 0.507 e. The average molecular weight is 374 g/mol. The van der Waals surface area contributed by atoms with Gasteiger partial charge in [0.05, 0.1) is 7.11 Å². The van der Waals surface area contributed by atoms with Crippen LogP contribution in [0.1, 0.15) is 15.9 Å². The van der Waals surface area contributed by atoms with E-state index in [4.69, 9.17) is 23.7 Å². The van der Waals surface area contributed by atoms with Gasteiger partial charge in [-0.15, -0.1) is 0 Å². The maximum Gasteiger partial charge on any atom is 0.193 e. The summed E-state index contributed by atoms with van der Waals surface area (Å²) >= 11 is 0. The third kappa shape index (κ3) is 5.47. The van der Waals surface area contributed by atoms with Crippen molar-refractivity contribution in [1.29, 1.82) is 0 Å². The number of aromatic hydroxyl groups is 1. The molecular weight excluding hydrogens is 352 g/mol. The first-order valence-corrected chi connectivity index (χ1v) is 8.06. The minimum atomic E-state index is -0.408. The Hall–Kier alpha value is -3.03. The standard InChI is InChI=1S/C20H22O7/c1-23-12-26-18-6-4-5-15(21)20(18)16(22)9-7-14-8-10-17(25-3)19(11-14)27-13-24-2/h4-11,21H,12-13H2,1-3H3/b9-7+. The number of methoxy groups -OCH3 is 3. The summed E-state index contributed by atoms with van der Waals surface area (Å²) in [6.07, 6.45) is 2.95. The zero-order chi connectivity index (χ0) is 19.6. The van der Waals surface area contributed by atoms with Crippen molar-refractivity contribution in [3.05, 3.63) is 53.6 Å². The van der Waals surface area contributed by atoms with Gasteiger partial charge in [0.1, 0.15) is 17.1 Å². The van der Waals surface area contributed by atoms with Crippen molar-refractivity contribution in [1.82, 2.24) is 0 Å². The zero-order valence-electron chi connectivity index (χ0n) is 15.4. The van der Waals surface area contributed by atoms with Gasteiger partial charge in [-0.25, -0.2) is 0 Å². The number of ether oxygens (including phenoxy) is 5. The van der Waals surface area contributed by atoms with Crippen molar-refractivity contribution in [2.45, 2.75) is 0 Å². The summed E-state index contributed by atoms with van der Waals surface area (Å²) in [4.78, 5) is 12.6. The normalized spacial score (nSPS) is 10.8. The molecule has 0 saturated carbocycles. The van der Waals surface area contributed by atoms with E-state index in [1.54, 1.807) is 36.4 Å². The summed E-state index contributed by atoms with van der Waals surface area (Å²) in [6, 6.07) is 9.81. The van der Waals surface area contributed by atoms with Gasteiger partial charge in [0.15, 0.2) is 30.9 Å². The summed E-state index contributed by atoms with van der Waals surface area (Å²) in [5.74, 6) is 0.698. The van der Waals surface area contributed by atoms with Crippen molar-refractivity contribution >= 4 is 11.9 Å². The van der Waals surface area contributed by atoms with Gasteiger partial charge in [0.2, 0.25) is 0 Å². The van der Waals surface area contributed by atoms with Crippen molar-refractivity contribution in [2.24, 2.45) is 0 Å². The summed E-state index contributed by atoms with van der Waals surface area (Å²) in [7, 11) is 4.52. The number of carbonyl (C=O) groups excluding carboxylic acids is 1. The fraction of sp³-hybridized carbons (Fsp3) is 0.250. The van der Waals surface area contributed by atoms with Gasteiger partial charge >= 0.3 is 0 Å². The second-order valence-electron chi connectivity index (χ2n) is 5.36. The maximum absolute atomic E-state index is 12.6. The van der Waals surface area contributed by atoms with Crippen molar-refractivity contribution in [3.63, 3.8) is 0 Å². The van der Waals surface area contributed by atoms with Gasteiger partial charge in [-0.3, -0.25) is 4.79 Å². The molecule has 0 atom stereocenters. The summed E-state index contributed by atoms with van der Waals surface area (Å²) < 4.78 is 25.8. The predicted molar refractivity (Wildman–Crippen MR) is 99.5 cm³/mol. The SMILES string of the molecule is COCOc1cc(/C=C/C(=O)c2c(O)cccc2OCOC)ccc1OC. The van der Waals surface area contributed by atoms with Crippen LogP contribution in [0.5, 0.6) is 23.0 Å². The van der Waals surface area contributed by atoms with Crippen LogP contribution in [0.25, 0.3) is 6.08 Å². The molecule has 0 bridgehead atoms. The molecule has 2 aromatic carbocycles. The Morgan fingerprint density at radius 2 is 1.67 bits per heavy atom.